The Balaban J connectivity index is 3.02. The predicted octanol–water partition coefficient (Wildman–Crippen LogP) is 2.93. The summed E-state index contributed by atoms with van der Waals surface area (Å²) in [7, 11) is -3.31. The second-order valence-electron chi connectivity index (χ2n) is 7.21. The van der Waals surface area contributed by atoms with E-state index in [9.17, 15) is 0 Å². The first-order valence-electron chi connectivity index (χ1n) is 7.00. The van der Waals surface area contributed by atoms with Crippen LogP contribution in [0.2, 0.25) is 32.2 Å². The van der Waals surface area contributed by atoms with Crippen LogP contribution in [0.3, 0.4) is 0 Å². The molecule has 1 rings (SSSR count). The molecule has 0 aromatic carbocycles. The average molecular weight is 290 g/mol. The first kappa shape index (κ1) is 15.6. The summed E-state index contributed by atoms with van der Waals surface area (Å²) in [6.07, 6.45) is 0. The van der Waals surface area contributed by atoms with E-state index in [1.54, 1.807) is 0 Å². The topological polar surface area (TPSA) is 12.5 Å². The fourth-order valence-corrected chi connectivity index (χ4v) is 27.1. The lowest BCUT2D eigenvalue weighted by Gasteiger charge is -2.52. The average Bonchev–Trinajstić information content (AvgIpc) is 2.12. The summed E-state index contributed by atoms with van der Waals surface area (Å²) in [6.45, 7) is 20.9. The molecular weight excluding hydrogens is 258 g/mol. The van der Waals surface area contributed by atoms with Gasteiger partial charge in [0.2, 0.25) is 8.72 Å². The Morgan fingerprint density at radius 1 is 1.00 bits per heavy atom. The fraction of sp³-hybridized carbons (Fsp3) is 1.00. The Morgan fingerprint density at radius 2 is 1.47 bits per heavy atom. The van der Waals surface area contributed by atoms with Crippen molar-refractivity contribution in [3.63, 3.8) is 0 Å². The minimum absolute atomic E-state index is 0.640. The Hall–Kier alpha value is 0.571. The van der Waals surface area contributed by atoms with Crippen molar-refractivity contribution < 1.29 is 4.43 Å². The van der Waals surface area contributed by atoms with Gasteiger partial charge >= 0.3 is 0 Å². The van der Waals surface area contributed by atoms with E-state index in [1.807, 2.05) is 0 Å². The molecule has 1 atom stereocenters. The number of hydrogen-bond acceptors (Lipinski definition) is 2. The standard InChI is InChI=1S/C12H31NOSi3/c1-11(2)13(12(3)4)15-14-9-10-16(5,6)17(15,7)8/h11-12,15H,9-10H2,1-8H3. The highest BCUT2D eigenvalue weighted by atomic mass is 29.6. The number of rotatable bonds is 3. The van der Waals surface area contributed by atoms with Crippen LogP contribution in [0.1, 0.15) is 27.7 Å². The van der Waals surface area contributed by atoms with Crippen molar-refractivity contribution in [3.05, 3.63) is 0 Å². The van der Waals surface area contributed by atoms with Crippen molar-refractivity contribution >= 4 is 23.4 Å². The molecule has 1 saturated heterocycles. The third kappa shape index (κ3) is 2.94. The second-order valence-corrected chi connectivity index (χ2v) is 32.0. The lowest BCUT2D eigenvalue weighted by molar-refractivity contribution is 0.227. The second kappa shape index (κ2) is 5.29. The number of nitrogens with zero attached hydrogens (tertiary/aromatic N) is 1. The summed E-state index contributed by atoms with van der Waals surface area (Å²) >= 11 is 0. The molecule has 2 nitrogen and oxygen atoms in total. The van der Waals surface area contributed by atoms with Gasteiger partial charge in [0.1, 0.15) is 0 Å². The molecule has 0 saturated carbocycles. The summed E-state index contributed by atoms with van der Waals surface area (Å²) in [6, 6.07) is 2.67. The van der Waals surface area contributed by atoms with E-state index in [2.05, 4.69) is 58.4 Å². The van der Waals surface area contributed by atoms with E-state index >= 15 is 0 Å². The van der Waals surface area contributed by atoms with Gasteiger partial charge in [-0.15, -0.1) is 0 Å². The molecule has 5 heteroatoms. The molecule has 1 heterocycles. The molecule has 0 amide bonds. The van der Waals surface area contributed by atoms with Crippen LogP contribution in [0, 0.1) is 0 Å². The molecule has 1 fully saturated rings. The van der Waals surface area contributed by atoms with Crippen molar-refractivity contribution in [1.29, 1.82) is 0 Å². The predicted molar refractivity (Wildman–Crippen MR) is 85.0 cm³/mol. The Morgan fingerprint density at radius 3 is 1.88 bits per heavy atom. The summed E-state index contributed by atoms with van der Waals surface area (Å²) < 4.78 is 9.12. The molecule has 0 aliphatic carbocycles. The molecule has 0 N–H and O–H groups in total. The molecule has 1 aliphatic rings. The molecule has 1 aliphatic heterocycles. The number of hydrogen-bond donors (Lipinski definition) is 0. The van der Waals surface area contributed by atoms with Crippen molar-refractivity contribution in [2.45, 2.75) is 72.0 Å². The highest BCUT2D eigenvalue weighted by Gasteiger charge is 2.54. The molecule has 0 spiro atoms. The first-order valence-corrected chi connectivity index (χ1v) is 17.0. The van der Waals surface area contributed by atoms with Crippen LogP contribution in [-0.2, 0) is 4.43 Å². The van der Waals surface area contributed by atoms with E-state index in [-0.39, 0.29) is 0 Å². The van der Waals surface area contributed by atoms with Gasteiger partial charge in [-0.25, -0.2) is 0 Å². The monoisotopic (exact) mass is 289 g/mol. The Bertz CT molecular complexity index is 258. The summed E-state index contributed by atoms with van der Waals surface area (Å²) in [4.78, 5) is 0. The van der Waals surface area contributed by atoms with Gasteiger partial charge in [-0.3, -0.25) is 0 Å². The van der Waals surface area contributed by atoms with E-state index in [0.29, 0.717) is 12.1 Å². The Labute approximate surface area is 111 Å². The van der Waals surface area contributed by atoms with Gasteiger partial charge in [-0.2, -0.15) is 0 Å². The summed E-state index contributed by atoms with van der Waals surface area (Å²) in [5.41, 5.74) is 0. The highest BCUT2D eigenvalue weighted by molar-refractivity contribution is 7.63. The third-order valence-corrected chi connectivity index (χ3v) is 38.9. The van der Waals surface area contributed by atoms with Gasteiger partial charge in [0.25, 0.3) is 0 Å². The van der Waals surface area contributed by atoms with Crippen molar-refractivity contribution in [3.8, 4) is 0 Å². The van der Waals surface area contributed by atoms with Crippen LogP contribution >= 0.6 is 0 Å². The van der Waals surface area contributed by atoms with Crippen LogP contribution < -0.4 is 0 Å². The highest BCUT2D eigenvalue weighted by Crippen LogP contribution is 2.33. The maximum absolute atomic E-state index is 6.37. The van der Waals surface area contributed by atoms with E-state index in [1.165, 1.54) is 6.04 Å². The molecule has 17 heavy (non-hydrogen) atoms. The molecule has 0 radical (unpaired) electrons. The molecular formula is C12H31NOSi3. The summed E-state index contributed by atoms with van der Waals surface area (Å²) in [5.74, 6) is 0. The lowest BCUT2D eigenvalue weighted by Crippen LogP contribution is -2.75. The SMILES string of the molecule is CC(C)N(C(C)C)[SiH]1OCC[Si](C)(C)[Si]1(C)C. The van der Waals surface area contributed by atoms with Gasteiger partial charge < -0.3 is 8.99 Å². The lowest BCUT2D eigenvalue weighted by atomic mass is 10.3. The third-order valence-electron chi connectivity index (χ3n) is 4.83. The van der Waals surface area contributed by atoms with Crippen LogP contribution in [0.15, 0.2) is 0 Å². The minimum atomic E-state index is -1.16. The molecule has 0 aromatic rings. The maximum atomic E-state index is 6.37. The van der Waals surface area contributed by atoms with Gasteiger partial charge in [-0.05, 0) is 18.1 Å². The normalized spacial score (nSPS) is 28.1. The molecule has 0 aromatic heterocycles. The van der Waals surface area contributed by atoms with E-state index < -0.39 is 23.4 Å². The van der Waals surface area contributed by atoms with Crippen LogP contribution in [0.4, 0.5) is 0 Å². The first-order chi connectivity index (χ1) is 7.61. The quantitative estimate of drug-likeness (QED) is 0.741. The minimum Gasteiger partial charge on any atom is -0.409 e. The zero-order valence-corrected chi connectivity index (χ0v) is 16.2. The maximum Gasteiger partial charge on any atom is 0.235 e. The van der Waals surface area contributed by atoms with Gasteiger partial charge in [0, 0.05) is 14.2 Å². The molecule has 1 unspecified atom stereocenters. The zero-order chi connectivity index (χ0) is 13.4. The Kier molecular flexibility index (Phi) is 4.86. The van der Waals surface area contributed by atoms with Crippen molar-refractivity contribution in [2.75, 3.05) is 6.61 Å². The van der Waals surface area contributed by atoms with Crippen LogP contribution in [-0.4, -0.2) is 46.7 Å². The van der Waals surface area contributed by atoms with Crippen LogP contribution in [0.5, 0.6) is 0 Å². The van der Waals surface area contributed by atoms with Gasteiger partial charge in [-0.1, -0.05) is 53.9 Å². The summed E-state index contributed by atoms with van der Waals surface area (Å²) in [5, 5.41) is 0. The molecule has 0 bridgehead atoms. The van der Waals surface area contributed by atoms with Gasteiger partial charge in [0.05, 0.1) is 7.11 Å². The van der Waals surface area contributed by atoms with Crippen molar-refractivity contribution in [1.82, 2.24) is 4.57 Å². The fourth-order valence-electron chi connectivity index (χ4n) is 2.89. The zero-order valence-electron chi connectivity index (χ0n) is 13.0. The van der Waals surface area contributed by atoms with E-state index in [0.717, 1.165) is 6.61 Å². The molecule has 102 valence electrons. The van der Waals surface area contributed by atoms with Gasteiger partial charge in [0.15, 0.2) is 0 Å². The van der Waals surface area contributed by atoms with E-state index in [4.69, 9.17) is 4.43 Å². The van der Waals surface area contributed by atoms with Crippen LogP contribution in [0.25, 0.3) is 0 Å². The smallest absolute Gasteiger partial charge is 0.235 e. The van der Waals surface area contributed by atoms with Crippen molar-refractivity contribution in [2.24, 2.45) is 0 Å². The largest absolute Gasteiger partial charge is 0.409 e.